The molecule has 0 spiro atoms. The van der Waals surface area contributed by atoms with E-state index in [1.807, 2.05) is 48.5 Å². The first-order valence-electron chi connectivity index (χ1n) is 16.5. The van der Waals surface area contributed by atoms with Crippen molar-refractivity contribution in [1.29, 1.82) is 0 Å². The molecule has 2 aliphatic heterocycles. The molecule has 0 bridgehead atoms. The summed E-state index contributed by atoms with van der Waals surface area (Å²) in [5, 5.41) is 3.65. The van der Waals surface area contributed by atoms with Crippen LogP contribution in [0.2, 0.25) is 5.02 Å². The number of carbonyl (C=O) groups excluding carboxylic acids is 2. The Bertz CT molecular complexity index is 1380. The summed E-state index contributed by atoms with van der Waals surface area (Å²) in [6.07, 6.45) is 2.86. The molecular formula is C37H48ClN5O3. The van der Waals surface area contributed by atoms with E-state index in [0.717, 1.165) is 96.1 Å². The minimum absolute atomic E-state index is 0.0923. The molecule has 2 fully saturated rings. The zero-order chi connectivity index (χ0) is 32.3. The van der Waals surface area contributed by atoms with Gasteiger partial charge in [-0.1, -0.05) is 48.0 Å². The van der Waals surface area contributed by atoms with Gasteiger partial charge < -0.3 is 19.9 Å². The molecule has 9 heteroatoms. The van der Waals surface area contributed by atoms with E-state index in [-0.39, 0.29) is 11.8 Å². The van der Waals surface area contributed by atoms with Gasteiger partial charge in [-0.15, -0.1) is 0 Å². The number of piperidine rings is 1. The second kappa shape index (κ2) is 16.9. The van der Waals surface area contributed by atoms with Crippen LogP contribution in [0.5, 0.6) is 5.75 Å². The van der Waals surface area contributed by atoms with Crippen LogP contribution in [-0.2, 0) is 24.4 Å². The van der Waals surface area contributed by atoms with Gasteiger partial charge in [0.25, 0.3) is 5.91 Å². The molecule has 2 heterocycles. The fourth-order valence-corrected chi connectivity index (χ4v) is 6.28. The Balaban J connectivity index is 0.978. The molecule has 0 aromatic heterocycles. The van der Waals surface area contributed by atoms with Crippen molar-refractivity contribution >= 4 is 23.4 Å². The van der Waals surface area contributed by atoms with Gasteiger partial charge in [-0.3, -0.25) is 19.4 Å². The number of benzene rings is 3. The van der Waals surface area contributed by atoms with E-state index in [0.29, 0.717) is 23.0 Å². The van der Waals surface area contributed by atoms with E-state index in [4.69, 9.17) is 16.3 Å². The smallest absolute Gasteiger partial charge is 0.251 e. The Labute approximate surface area is 279 Å². The molecule has 0 atom stereocenters. The van der Waals surface area contributed by atoms with Crippen LogP contribution in [0.15, 0.2) is 72.8 Å². The van der Waals surface area contributed by atoms with E-state index in [1.165, 1.54) is 11.1 Å². The number of rotatable bonds is 13. The molecule has 46 heavy (non-hydrogen) atoms. The average molecular weight is 646 g/mol. The van der Waals surface area contributed by atoms with Gasteiger partial charge in [0.1, 0.15) is 5.75 Å². The summed E-state index contributed by atoms with van der Waals surface area (Å²) in [7, 11) is 4.16. The maximum atomic E-state index is 13.4. The molecule has 2 amide bonds. The van der Waals surface area contributed by atoms with Gasteiger partial charge in [-0.05, 0) is 99.5 Å². The first-order valence-corrected chi connectivity index (χ1v) is 16.9. The molecule has 0 unspecified atom stereocenters. The highest BCUT2D eigenvalue weighted by Crippen LogP contribution is 2.23. The Morgan fingerprint density at radius 3 is 1.96 bits per heavy atom. The Morgan fingerprint density at radius 1 is 0.783 bits per heavy atom. The van der Waals surface area contributed by atoms with Gasteiger partial charge in [0, 0.05) is 68.9 Å². The normalized spacial score (nSPS) is 16.5. The van der Waals surface area contributed by atoms with E-state index in [2.05, 4.69) is 63.3 Å². The van der Waals surface area contributed by atoms with Crippen LogP contribution in [-0.4, -0.2) is 97.9 Å². The third-order valence-corrected chi connectivity index (χ3v) is 9.21. The second-order valence-electron chi connectivity index (χ2n) is 12.8. The number of nitrogens with zero attached hydrogens (tertiary/aromatic N) is 4. The molecule has 5 rings (SSSR count). The summed E-state index contributed by atoms with van der Waals surface area (Å²) >= 11 is 5.94. The largest absolute Gasteiger partial charge is 0.494 e. The summed E-state index contributed by atoms with van der Waals surface area (Å²) < 4.78 is 5.87. The summed E-state index contributed by atoms with van der Waals surface area (Å²) in [6.45, 7) is 9.13. The fraction of sp³-hybridized carbons (Fsp3) is 0.459. The molecule has 0 radical (unpaired) electrons. The number of hydrogen-bond acceptors (Lipinski definition) is 6. The lowest BCUT2D eigenvalue weighted by atomic mass is 9.94. The van der Waals surface area contributed by atoms with Gasteiger partial charge in [0.15, 0.2) is 0 Å². The van der Waals surface area contributed by atoms with Crippen molar-refractivity contribution in [1.82, 2.24) is 24.9 Å². The summed E-state index contributed by atoms with van der Waals surface area (Å²) in [4.78, 5) is 35.0. The van der Waals surface area contributed by atoms with Crippen LogP contribution in [0.3, 0.4) is 0 Å². The van der Waals surface area contributed by atoms with Crippen molar-refractivity contribution in [2.24, 2.45) is 5.92 Å². The fourth-order valence-electron chi connectivity index (χ4n) is 6.15. The SMILES string of the molecule is CN(C)CCCOc1ccc(CN2CCC(C(=O)N3CCN(Cc4ccc(C(=O)NCc5ccc(Cl)cc5)cc4)CC3)CC2)cc1. The van der Waals surface area contributed by atoms with E-state index in [9.17, 15) is 9.59 Å². The summed E-state index contributed by atoms with van der Waals surface area (Å²) in [6, 6.07) is 23.8. The van der Waals surface area contributed by atoms with Crippen molar-refractivity contribution in [2.45, 2.75) is 38.9 Å². The highest BCUT2D eigenvalue weighted by atomic mass is 35.5. The number of piperazine rings is 1. The number of halogens is 1. The molecule has 2 aliphatic rings. The van der Waals surface area contributed by atoms with E-state index in [1.54, 1.807) is 0 Å². The summed E-state index contributed by atoms with van der Waals surface area (Å²) in [5.74, 6) is 1.28. The monoisotopic (exact) mass is 645 g/mol. The van der Waals surface area contributed by atoms with Gasteiger partial charge in [-0.2, -0.15) is 0 Å². The van der Waals surface area contributed by atoms with Crippen molar-refractivity contribution in [3.63, 3.8) is 0 Å². The van der Waals surface area contributed by atoms with Gasteiger partial charge in [-0.25, -0.2) is 0 Å². The van der Waals surface area contributed by atoms with E-state index < -0.39 is 0 Å². The number of nitrogens with one attached hydrogen (secondary N) is 1. The van der Waals surface area contributed by atoms with Crippen LogP contribution in [0, 0.1) is 5.92 Å². The Hall–Kier alpha value is -3.43. The lowest BCUT2D eigenvalue weighted by Gasteiger charge is -2.38. The number of carbonyl (C=O) groups is 2. The second-order valence-corrected chi connectivity index (χ2v) is 13.2. The third-order valence-electron chi connectivity index (χ3n) is 8.96. The highest BCUT2D eigenvalue weighted by molar-refractivity contribution is 6.30. The zero-order valence-electron chi connectivity index (χ0n) is 27.3. The van der Waals surface area contributed by atoms with Crippen LogP contribution in [0.4, 0.5) is 0 Å². The van der Waals surface area contributed by atoms with Crippen LogP contribution in [0.25, 0.3) is 0 Å². The number of ether oxygens (including phenoxy) is 1. The van der Waals surface area contributed by atoms with Crippen LogP contribution >= 0.6 is 11.6 Å². The molecule has 0 aliphatic carbocycles. The first-order chi connectivity index (χ1) is 22.3. The maximum Gasteiger partial charge on any atom is 0.251 e. The topological polar surface area (TPSA) is 68.4 Å². The van der Waals surface area contributed by atoms with Crippen LogP contribution in [0.1, 0.15) is 46.3 Å². The summed E-state index contributed by atoms with van der Waals surface area (Å²) in [5.41, 5.74) is 4.11. The lowest BCUT2D eigenvalue weighted by Crippen LogP contribution is -2.51. The van der Waals surface area contributed by atoms with Gasteiger partial charge in [0.2, 0.25) is 5.91 Å². The predicted octanol–water partition coefficient (Wildman–Crippen LogP) is 5.16. The lowest BCUT2D eigenvalue weighted by molar-refractivity contribution is -0.139. The Morgan fingerprint density at radius 2 is 1.35 bits per heavy atom. The minimum Gasteiger partial charge on any atom is -0.494 e. The Kier molecular flexibility index (Phi) is 12.5. The first kappa shape index (κ1) is 33.9. The number of likely N-dealkylation sites (tertiary alicyclic amines) is 1. The van der Waals surface area contributed by atoms with E-state index >= 15 is 0 Å². The average Bonchev–Trinajstić information content (AvgIpc) is 3.08. The van der Waals surface area contributed by atoms with Crippen molar-refractivity contribution in [3.05, 3.63) is 100 Å². The molecule has 1 N–H and O–H groups in total. The standard InChI is InChI=1S/C37H48ClN5O3/c1-40(2)18-3-25-46-35-14-8-31(9-15-35)27-41-19-16-33(17-20-41)37(45)43-23-21-42(22-24-43)28-30-4-10-32(11-5-30)36(44)39-26-29-6-12-34(38)13-7-29/h4-15,33H,3,16-28H2,1-2H3,(H,39,44). The van der Waals surface area contributed by atoms with Crippen molar-refractivity contribution in [3.8, 4) is 5.75 Å². The zero-order valence-corrected chi connectivity index (χ0v) is 28.1. The number of amides is 2. The molecule has 246 valence electrons. The molecule has 8 nitrogen and oxygen atoms in total. The molecule has 3 aromatic rings. The molecule has 2 saturated heterocycles. The maximum absolute atomic E-state index is 13.4. The van der Waals surface area contributed by atoms with Crippen molar-refractivity contribution < 1.29 is 14.3 Å². The van der Waals surface area contributed by atoms with Gasteiger partial charge >= 0.3 is 0 Å². The quantitative estimate of drug-likeness (QED) is 0.259. The molecule has 3 aromatic carbocycles. The molecular weight excluding hydrogens is 598 g/mol. The highest BCUT2D eigenvalue weighted by Gasteiger charge is 2.30. The predicted molar refractivity (Wildman–Crippen MR) is 184 cm³/mol. The minimum atomic E-state index is -0.0923. The number of hydrogen-bond donors (Lipinski definition) is 1. The third kappa shape index (κ3) is 10.3. The van der Waals surface area contributed by atoms with Gasteiger partial charge in [0.05, 0.1) is 6.61 Å². The van der Waals surface area contributed by atoms with Crippen molar-refractivity contribution in [2.75, 3.05) is 66.5 Å². The van der Waals surface area contributed by atoms with Crippen LogP contribution < -0.4 is 10.1 Å². The molecule has 0 saturated carbocycles.